The molecular formula is C17H24N6O2. The van der Waals surface area contributed by atoms with E-state index >= 15 is 0 Å². The van der Waals surface area contributed by atoms with Gasteiger partial charge in [-0.3, -0.25) is 18.8 Å². The van der Waals surface area contributed by atoms with Crippen LogP contribution in [-0.4, -0.2) is 37.3 Å². The first-order valence-electron chi connectivity index (χ1n) is 8.95. The summed E-state index contributed by atoms with van der Waals surface area (Å²) in [5, 5.41) is 7.64. The maximum atomic E-state index is 12.5. The third-order valence-electron chi connectivity index (χ3n) is 5.74. The fourth-order valence-corrected chi connectivity index (χ4v) is 4.59. The topological polar surface area (TPSA) is 108 Å². The molecule has 25 heavy (non-hydrogen) atoms. The molecule has 134 valence electrons. The number of carbonyl (C=O) groups excluding carboxylic acids is 1. The number of aryl methyl sites for hydroxylation is 1. The maximum Gasteiger partial charge on any atom is 0.264 e. The minimum absolute atomic E-state index is 0.0152. The molecule has 1 amide bonds. The summed E-state index contributed by atoms with van der Waals surface area (Å²) < 4.78 is 2.90. The van der Waals surface area contributed by atoms with Crippen LogP contribution in [0, 0.1) is 11.8 Å². The minimum atomic E-state index is -0.237. The Labute approximate surface area is 145 Å². The smallest absolute Gasteiger partial charge is 0.264 e. The molecule has 2 aromatic rings. The Hall–Kier alpha value is -2.22. The van der Waals surface area contributed by atoms with Crippen molar-refractivity contribution >= 4 is 16.9 Å². The van der Waals surface area contributed by atoms with Crippen LogP contribution in [0.5, 0.6) is 0 Å². The normalized spacial score (nSPS) is 28.9. The van der Waals surface area contributed by atoms with E-state index in [1.54, 1.807) is 11.7 Å². The van der Waals surface area contributed by atoms with E-state index in [1.807, 2.05) is 0 Å². The Morgan fingerprint density at radius 1 is 1.36 bits per heavy atom. The van der Waals surface area contributed by atoms with Crippen molar-refractivity contribution in [1.29, 1.82) is 0 Å². The Bertz CT molecular complexity index is 842. The van der Waals surface area contributed by atoms with Crippen molar-refractivity contribution in [3.63, 3.8) is 0 Å². The monoisotopic (exact) mass is 344 g/mol. The van der Waals surface area contributed by atoms with Crippen LogP contribution < -0.4 is 16.6 Å². The molecule has 2 saturated carbocycles. The Balaban J connectivity index is 1.49. The van der Waals surface area contributed by atoms with Crippen LogP contribution in [0.3, 0.4) is 0 Å². The van der Waals surface area contributed by atoms with Gasteiger partial charge in [-0.05, 0) is 37.5 Å². The zero-order valence-electron chi connectivity index (χ0n) is 14.4. The van der Waals surface area contributed by atoms with Gasteiger partial charge in [-0.1, -0.05) is 6.42 Å². The molecular weight excluding hydrogens is 320 g/mol. The van der Waals surface area contributed by atoms with Gasteiger partial charge in [0.2, 0.25) is 5.91 Å². The summed E-state index contributed by atoms with van der Waals surface area (Å²) in [5.74, 6) is 0.786. The predicted octanol–water partition coefficient (Wildman–Crippen LogP) is 0.152. The highest BCUT2D eigenvalue weighted by Crippen LogP contribution is 2.39. The van der Waals surface area contributed by atoms with E-state index in [-0.39, 0.29) is 30.1 Å². The summed E-state index contributed by atoms with van der Waals surface area (Å²) in [6, 6.07) is 0.440. The molecule has 0 aromatic carbocycles. The molecule has 4 rings (SSSR count). The van der Waals surface area contributed by atoms with E-state index in [2.05, 4.69) is 15.4 Å². The van der Waals surface area contributed by atoms with Crippen molar-refractivity contribution in [2.24, 2.45) is 24.6 Å². The number of nitrogens with one attached hydrogen (secondary N) is 1. The van der Waals surface area contributed by atoms with Gasteiger partial charge in [-0.25, -0.2) is 4.98 Å². The average molecular weight is 344 g/mol. The predicted molar refractivity (Wildman–Crippen MR) is 92.7 cm³/mol. The molecule has 2 aromatic heterocycles. The van der Waals surface area contributed by atoms with E-state index < -0.39 is 0 Å². The molecule has 0 spiro atoms. The van der Waals surface area contributed by atoms with Gasteiger partial charge in [-0.15, -0.1) is 0 Å². The third-order valence-corrected chi connectivity index (χ3v) is 5.74. The molecule has 2 atom stereocenters. The second-order valence-corrected chi connectivity index (χ2v) is 7.46. The van der Waals surface area contributed by atoms with Gasteiger partial charge in [0, 0.05) is 19.1 Å². The number of nitrogens with zero attached hydrogens (tertiary/aromatic N) is 4. The first-order chi connectivity index (χ1) is 12.0. The van der Waals surface area contributed by atoms with Gasteiger partial charge >= 0.3 is 0 Å². The van der Waals surface area contributed by atoms with Crippen molar-refractivity contribution in [3.05, 3.63) is 22.9 Å². The van der Waals surface area contributed by atoms with Crippen molar-refractivity contribution in [2.75, 3.05) is 0 Å². The molecule has 0 radical (unpaired) electrons. The molecule has 2 unspecified atom stereocenters. The fourth-order valence-electron chi connectivity index (χ4n) is 4.59. The van der Waals surface area contributed by atoms with E-state index in [9.17, 15) is 9.59 Å². The summed E-state index contributed by atoms with van der Waals surface area (Å²) >= 11 is 0. The summed E-state index contributed by atoms with van der Waals surface area (Å²) in [7, 11) is 1.73. The number of hydrogen-bond donors (Lipinski definition) is 2. The number of hydrogen-bond acceptors (Lipinski definition) is 5. The third kappa shape index (κ3) is 2.95. The molecule has 0 saturated heterocycles. The van der Waals surface area contributed by atoms with E-state index in [1.165, 1.54) is 23.5 Å². The van der Waals surface area contributed by atoms with Gasteiger partial charge in [-0.2, -0.15) is 5.10 Å². The van der Waals surface area contributed by atoms with Crippen molar-refractivity contribution in [3.8, 4) is 0 Å². The highest BCUT2D eigenvalue weighted by atomic mass is 16.2. The quantitative estimate of drug-likeness (QED) is 0.824. The largest absolute Gasteiger partial charge is 0.351 e. The summed E-state index contributed by atoms with van der Waals surface area (Å²) in [4.78, 5) is 29.3. The van der Waals surface area contributed by atoms with Crippen LogP contribution in [0.25, 0.3) is 11.0 Å². The van der Waals surface area contributed by atoms with Crippen LogP contribution in [-0.2, 0) is 18.4 Å². The lowest BCUT2D eigenvalue weighted by Crippen LogP contribution is -2.54. The number of amides is 1. The van der Waals surface area contributed by atoms with Gasteiger partial charge in [0.15, 0.2) is 5.65 Å². The van der Waals surface area contributed by atoms with Crippen LogP contribution in [0.15, 0.2) is 17.3 Å². The summed E-state index contributed by atoms with van der Waals surface area (Å²) in [6.07, 6.45) is 8.33. The highest BCUT2D eigenvalue weighted by molar-refractivity contribution is 5.77. The first kappa shape index (κ1) is 16.3. The molecule has 2 heterocycles. The summed E-state index contributed by atoms with van der Waals surface area (Å²) in [5.41, 5.74) is 6.43. The standard InChI is InChI=1S/C17H24N6O2/c1-22-16-13(7-20-22)17(25)23(9-19-16)8-14(24)21-15-10-3-2-4-11(15)6-12(18)5-10/h7,9-12,15H,2-6,8,18H2,1H3,(H,21,24). The minimum Gasteiger partial charge on any atom is -0.351 e. The van der Waals surface area contributed by atoms with Gasteiger partial charge < -0.3 is 11.1 Å². The zero-order chi connectivity index (χ0) is 17.6. The SMILES string of the molecule is Cn1ncc2c(=O)n(CC(=O)NC3C4CCCC3CC(N)C4)cnc21. The Morgan fingerprint density at radius 2 is 2.08 bits per heavy atom. The lowest BCUT2D eigenvalue weighted by Gasteiger charge is -2.45. The van der Waals surface area contributed by atoms with Crippen LogP contribution in [0.4, 0.5) is 0 Å². The van der Waals surface area contributed by atoms with E-state index in [4.69, 9.17) is 5.73 Å². The zero-order valence-corrected chi connectivity index (χ0v) is 14.4. The van der Waals surface area contributed by atoms with Gasteiger partial charge in [0.05, 0.1) is 6.20 Å². The van der Waals surface area contributed by atoms with Gasteiger partial charge in [0.25, 0.3) is 5.56 Å². The molecule has 8 heteroatoms. The Kier molecular flexibility index (Phi) is 4.07. The van der Waals surface area contributed by atoms with Crippen LogP contribution in [0.1, 0.15) is 32.1 Å². The number of fused-ring (bicyclic) bond motifs is 3. The number of aromatic nitrogens is 4. The van der Waals surface area contributed by atoms with Crippen molar-refractivity contribution < 1.29 is 4.79 Å². The summed E-state index contributed by atoms with van der Waals surface area (Å²) in [6.45, 7) is -0.0152. The maximum absolute atomic E-state index is 12.5. The molecule has 2 fully saturated rings. The average Bonchev–Trinajstić information content (AvgIpc) is 2.93. The van der Waals surface area contributed by atoms with Gasteiger partial charge in [0.1, 0.15) is 18.3 Å². The molecule has 3 N–H and O–H groups in total. The fraction of sp³-hybridized carbons (Fsp3) is 0.647. The second-order valence-electron chi connectivity index (χ2n) is 7.46. The molecule has 8 nitrogen and oxygen atoms in total. The number of rotatable bonds is 3. The first-order valence-corrected chi connectivity index (χ1v) is 8.95. The van der Waals surface area contributed by atoms with E-state index in [0.29, 0.717) is 22.9 Å². The van der Waals surface area contributed by atoms with Crippen molar-refractivity contribution in [2.45, 2.75) is 50.7 Å². The lowest BCUT2D eigenvalue weighted by atomic mass is 9.67. The van der Waals surface area contributed by atoms with Crippen LogP contribution >= 0.6 is 0 Å². The number of nitrogens with two attached hydrogens (primary N) is 1. The molecule has 2 bridgehead atoms. The Morgan fingerprint density at radius 3 is 2.80 bits per heavy atom. The van der Waals surface area contributed by atoms with Crippen LogP contribution in [0.2, 0.25) is 0 Å². The molecule has 2 aliphatic rings. The number of carbonyl (C=O) groups is 1. The lowest BCUT2D eigenvalue weighted by molar-refractivity contribution is -0.124. The van der Waals surface area contributed by atoms with Crippen molar-refractivity contribution in [1.82, 2.24) is 24.6 Å². The second kappa shape index (κ2) is 6.25. The van der Waals surface area contributed by atoms with E-state index in [0.717, 1.165) is 25.7 Å². The molecule has 2 aliphatic carbocycles. The highest BCUT2D eigenvalue weighted by Gasteiger charge is 2.39. The molecule has 0 aliphatic heterocycles.